The monoisotopic (exact) mass is 536 g/mol. The molecule has 0 spiro atoms. The maximum absolute atomic E-state index is 12.7. The SMILES string of the molecule is CN=C(NCCCN1C(=O)C2C3C=CC(C3)C2C1=O)NCCC(C)c1ccccc1.I. The van der Waals surface area contributed by atoms with Crippen molar-refractivity contribution in [1.82, 2.24) is 15.5 Å². The predicted molar refractivity (Wildman–Crippen MR) is 133 cm³/mol. The molecule has 2 N–H and O–H groups in total. The second kappa shape index (κ2) is 10.6. The van der Waals surface area contributed by atoms with Crippen molar-refractivity contribution in [3.05, 3.63) is 48.0 Å². The van der Waals surface area contributed by atoms with E-state index in [-0.39, 0.29) is 59.5 Å². The summed E-state index contributed by atoms with van der Waals surface area (Å²) in [5.41, 5.74) is 1.34. The van der Waals surface area contributed by atoms with Crippen LogP contribution in [0, 0.1) is 23.7 Å². The number of hydrogen-bond acceptors (Lipinski definition) is 3. The van der Waals surface area contributed by atoms with Gasteiger partial charge in [0.1, 0.15) is 0 Å². The molecule has 4 rings (SSSR count). The van der Waals surface area contributed by atoms with E-state index in [4.69, 9.17) is 0 Å². The number of amides is 2. The molecular weight excluding hydrogens is 503 g/mol. The van der Waals surface area contributed by atoms with Gasteiger partial charge in [-0.2, -0.15) is 0 Å². The first kappa shape index (κ1) is 23.8. The zero-order valence-electron chi connectivity index (χ0n) is 18.3. The number of nitrogens with zero attached hydrogens (tertiary/aromatic N) is 2. The summed E-state index contributed by atoms with van der Waals surface area (Å²) in [7, 11) is 1.76. The van der Waals surface area contributed by atoms with Crippen LogP contribution in [-0.4, -0.2) is 49.4 Å². The van der Waals surface area contributed by atoms with E-state index in [0.29, 0.717) is 19.0 Å². The quantitative estimate of drug-likeness (QED) is 0.134. The molecular formula is C24H33IN4O2. The number of likely N-dealkylation sites (tertiary alicyclic amines) is 1. The van der Waals surface area contributed by atoms with E-state index in [2.05, 4.69) is 59.0 Å². The first-order valence-corrected chi connectivity index (χ1v) is 11.1. The molecule has 1 aromatic rings. The Bertz CT molecular complexity index is 811. The van der Waals surface area contributed by atoms with E-state index >= 15 is 0 Å². The van der Waals surface area contributed by atoms with Crippen molar-refractivity contribution in [1.29, 1.82) is 0 Å². The minimum Gasteiger partial charge on any atom is -0.356 e. The first-order valence-electron chi connectivity index (χ1n) is 11.1. The molecule has 168 valence electrons. The van der Waals surface area contributed by atoms with Gasteiger partial charge in [0.05, 0.1) is 11.8 Å². The van der Waals surface area contributed by atoms with Gasteiger partial charge in [-0.1, -0.05) is 49.4 Å². The Labute approximate surface area is 202 Å². The largest absolute Gasteiger partial charge is 0.356 e. The van der Waals surface area contributed by atoms with Crippen LogP contribution in [0.3, 0.4) is 0 Å². The molecule has 5 unspecified atom stereocenters. The maximum atomic E-state index is 12.7. The number of benzene rings is 1. The Balaban J connectivity index is 0.00000272. The highest BCUT2D eigenvalue weighted by molar-refractivity contribution is 14.0. The molecule has 2 amide bonds. The molecule has 2 aliphatic carbocycles. The highest BCUT2D eigenvalue weighted by atomic mass is 127. The van der Waals surface area contributed by atoms with Gasteiger partial charge >= 0.3 is 0 Å². The number of fused-ring (bicyclic) bond motifs is 5. The van der Waals surface area contributed by atoms with Gasteiger partial charge < -0.3 is 10.6 Å². The fourth-order valence-corrected chi connectivity index (χ4v) is 5.20. The zero-order valence-corrected chi connectivity index (χ0v) is 20.6. The number of allylic oxidation sites excluding steroid dienone is 2. The van der Waals surface area contributed by atoms with E-state index in [9.17, 15) is 9.59 Å². The summed E-state index contributed by atoms with van der Waals surface area (Å²) in [6.07, 6.45) is 6.99. The number of guanidine groups is 1. The lowest BCUT2D eigenvalue weighted by atomic mass is 9.85. The third-order valence-corrected chi connectivity index (χ3v) is 6.87. The summed E-state index contributed by atoms with van der Waals surface area (Å²) in [4.78, 5) is 31.2. The number of nitrogens with one attached hydrogen (secondary N) is 2. The van der Waals surface area contributed by atoms with Gasteiger partial charge in [0.2, 0.25) is 11.8 Å². The number of hydrogen-bond donors (Lipinski definition) is 2. The van der Waals surface area contributed by atoms with Crippen LogP contribution in [0.5, 0.6) is 0 Å². The number of carbonyl (C=O) groups excluding carboxylic acids is 2. The molecule has 1 saturated heterocycles. The minimum atomic E-state index is -0.0958. The normalized spacial score (nSPS) is 27.3. The van der Waals surface area contributed by atoms with Gasteiger partial charge in [0.15, 0.2) is 5.96 Å². The summed E-state index contributed by atoms with van der Waals surface area (Å²) in [6, 6.07) is 10.5. The second-order valence-corrected chi connectivity index (χ2v) is 8.71. The van der Waals surface area contributed by atoms with E-state index in [1.807, 2.05) is 6.07 Å². The summed E-state index contributed by atoms with van der Waals surface area (Å²) in [5, 5.41) is 6.65. The van der Waals surface area contributed by atoms with Crippen LogP contribution >= 0.6 is 24.0 Å². The average molecular weight is 536 g/mol. The summed E-state index contributed by atoms with van der Waals surface area (Å²) in [5.74, 6) is 1.69. The molecule has 1 heterocycles. The van der Waals surface area contributed by atoms with E-state index in [1.165, 1.54) is 10.5 Å². The fourth-order valence-electron chi connectivity index (χ4n) is 5.20. The Morgan fingerprint density at radius 3 is 2.29 bits per heavy atom. The number of rotatable bonds is 8. The molecule has 1 aromatic carbocycles. The van der Waals surface area contributed by atoms with Gasteiger partial charge in [-0.3, -0.25) is 19.5 Å². The van der Waals surface area contributed by atoms with Crippen LogP contribution in [0.2, 0.25) is 0 Å². The van der Waals surface area contributed by atoms with Crippen molar-refractivity contribution in [3.8, 4) is 0 Å². The molecule has 0 aromatic heterocycles. The molecule has 0 radical (unpaired) electrons. The van der Waals surface area contributed by atoms with Crippen LogP contribution in [0.15, 0.2) is 47.5 Å². The third-order valence-electron chi connectivity index (χ3n) is 6.87. The van der Waals surface area contributed by atoms with E-state index in [0.717, 1.165) is 31.8 Å². The second-order valence-electron chi connectivity index (χ2n) is 8.71. The van der Waals surface area contributed by atoms with Crippen LogP contribution < -0.4 is 10.6 Å². The van der Waals surface area contributed by atoms with Crippen LogP contribution in [0.25, 0.3) is 0 Å². The van der Waals surface area contributed by atoms with Crippen molar-refractivity contribution in [2.24, 2.45) is 28.7 Å². The van der Waals surface area contributed by atoms with Crippen molar-refractivity contribution in [2.45, 2.75) is 32.1 Å². The third kappa shape index (κ3) is 4.96. The Hall–Kier alpha value is -1.90. The molecule has 31 heavy (non-hydrogen) atoms. The lowest BCUT2D eigenvalue weighted by Gasteiger charge is -2.18. The molecule has 2 fully saturated rings. The topological polar surface area (TPSA) is 73.8 Å². The van der Waals surface area contributed by atoms with E-state index in [1.54, 1.807) is 7.05 Å². The zero-order chi connectivity index (χ0) is 21.1. The summed E-state index contributed by atoms with van der Waals surface area (Å²) >= 11 is 0. The molecule has 3 aliphatic rings. The smallest absolute Gasteiger partial charge is 0.233 e. The van der Waals surface area contributed by atoms with Crippen molar-refractivity contribution in [2.75, 3.05) is 26.7 Å². The Morgan fingerprint density at radius 2 is 1.68 bits per heavy atom. The Kier molecular flexibility index (Phi) is 8.13. The number of aliphatic imine (C=N–C) groups is 1. The van der Waals surface area contributed by atoms with Crippen LogP contribution in [-0.2, 0) is 9.59 Å². The number of carbonyl (C=O) groups is 2. The molecule has 1 aliphatic heterocycles. The van der Waals surface area contributed by atoms with Crippen molar-refractivity contribution >= 4 is 41.8 Å². The van der Waals surface area contributed by atoms with Crippen LogP contribution in [0.1, 0.15) is 37.7 Å². The molecule has 1 saturated carbocycles. The molecule has 7 heteroatoms. The van der Waals surface area contributed by atoms with Gasteiger partial charge in [-0.25, -0.2) is 0 Å². The Morgan fingerprint density at radius 1 is 1.06 bits per heavy atom. The standard InChI is InChI=1S/C24H32N4O2.HI/c1-16(17-7-4-3-5-8-17)11-13-27-24(25-2)26-12-6-14-28-22(29)20-18-9-10-19(15-18)21(20)23(28)30;/h3-5,7-10,16,18-21H,6,11-15H2,1-2H3,(H2,25,26,27);1H. The maximum Gasteiger partial charge on any atom is 0.233 e. The molecule has 2 bridgehead atoms. The average Bonchev–Trinajstić information content (AvgIpc) is 3.45. The molecule has 5 atom stereocenters. The lowest BCUT2D eigenvalue weighted by Crippen LogP contribution is -2.40. The highest BCUT2D eigenvalue weighted by Crippen LogP contribution is 2.52. The summed E-state index contributed by atoms with van der Waals surface area (Å²) < 4.78 is 0. The predicted octanol–water partition coefficient (Wildman–Crippen LogP) is 3.16. The summed E-state index contributed by atoms with van der Waals surface area (Å²) in [6.45, 7) is 4.22. The highest BCUT2D eigenvalue weighted by Gasteiger charge is 2.58. The first-order chi connectivity index (χ1) is 14.6. The number of imide groups is 1. The van der Waals surface area contributed by atoms with Crippen LogP contribution in [0.4, 0.5) is 0 Å². The fraction of sp³-hybridized carbons (Fsp3) is 0.542. The minimum absolute atomic E-state index is 0. The molecule has 6 nitrogen and oxygen atoms in total. The number of halogens is 1. The van der Waals surface area contributed by atoms with Gasteiger partial charge in [-0.15, -0.1) is 24.0 Å². The van der Waals surface area contributed by atoms with Crippen molar-refractivity contribution in [3.63, 3.8) is 0 Å². The van der Waals surface area contributed by atoms with Gasteiger partial charge in [-0.05, 0) is 42.6 Å². The van der Waals surface area contributed by atoms with Gasteiger partial charge in [0.25, 0.3) is 0 Å². The van der Waals surface area contributed by atoms with E-state index < -0.39 is 0 Å². The van der Waals surface area contributed by atoms with Gasteiger partial charge in [0, 0.05) is 26.7 Å². The lowest BCUT2D eigenvalue weighted by molar-refractivity contribution is -0.140. The van der Waals surface area contributed by atoms with Crippen molar-refractivity contribution < 1.29 is 9.59 Å².